The zero-order chi connectivity index (χ0) is 30.3. The molecule has 11 heteroatoms. The summed E-state index contributed by atoms with van der Waals surface area (Å²) in [6.45, 7) is 5.71. The highest BCUT2D eigenvalue weighted by molar-refractivity contribution is 6.31. The van der Waals surface area contributed by atoms with E-state index in [1.54, 1.807) is 0 Å². The molecule has 2 N–H and O–H groups in total. The van der Waals surface area contributed by atoms with Crippen molar-refractivity contribution in [3.05, 3.63) is 99.0 Å². The number of carbonyl (C=O) groups excluding carboxylic acids is 1. The lowest BCUT2D eigenvalue weighted by molar-refractivity contribution is -0.137. The Balaban J connectivity index is 0.00000484. The molecular formula is C31H30Cl2F5N3O. The number of nitrogens with one attached hydrogen (secondary N) is 2. The molecule has 0 unspecified atom stereocenters. The molecule has 4 atom stereocenters. The monoisotopic (exact) mass is 625 g/mol. The third kappa shape index (κ3) is 6.41. The van der Waals surface area contributed by atoms with Crippen molar-refractivity contribution in [3.63, 3.8) is 0 Å². The van der Waals surface area contributed by atoms with Crippen LogP contribution in [0.3, 0.4) is 0 Å². The van der Waals surface area contributed by atoms with Crippen molar-refractivity contribution in [1.82, 2.24) is 5.32 Å². The lowest BCUT2D eigenvalue weighted by Crippen LogP contribution is -2.45. The molecule has 1 amide bonds. The van der Waals surface area contributed by atoms with Crippen molar-refractivity contribution in [2.75, 3.05) is 5.32 Å². The van der Waals surface area contributed by atoms with Crippen LogP contribution in [-0.2, 0) is 16.4 Å². The minimum absolute atomic E-state index is 0. The number of carbonyl (C=O) groups is 1. The summed E-state index contributed by atoms with van der Waals surface area (Å²) in [4.78, 5) is 13.8. The summed E-state index contributed by atoms with van der Waals surface area (Å²) in [6, 6.07) is 11.8. The minimum Gasteiger partial charge on any atom is -0.325 e. The molecule has 0 saturated carbocycles. The van der Waals surface area contributed by atoms with Crippen molar-refractivity contribution in [2.24, 2.45) is 5.41 Å². The molecular weight excluding hydrogens is 596 g/mol. The van der Waals surface area contributed by atoms with Crippen LogP contribution in [0.4, 0.5) is 27.6 Å². The average Bonchev–Trinajstić information content (AvgIpc) is 3.18. The predicted octanol–water partition coefficient (Wildman–Crippen LogP) is 8.89. The lowest BCUT2D eigenvalue weighted by Gasteiger charge is -2.37. The molecule has 0 bridgehead atoms. The summed E-state index contributed by atoms with van der Waals surface area (Å²) in [6.07, 6.45) is -4.30. The van der Waals surface area contributed by atoms with Crippen LogP contribution < -0.4 is 10.6 Å². The molecule has 1 aliphatic rings. The largest absolute Gasteiger partial charge is 0.416 e. The van der Waals surface area contributed by atoms with Crippen LogP contribution in [0.15, 0.2) is 60.7 Å². The molecule has 0 aliphatic carbocycles. The Morgan fingerprint density at radius 1 is 1.05 bits per heavy atom. The molecule has 3 aromatic carbocycles. The lowest BCUT2D eigenvalue weighted by atomic mass is 9.62. The fourth-order valence-electron chi connectivity index (χ4n) is 5.52. The van der Waals surface area contributed by atoms with Crippen molar-refractivity contribution in [1.29, 1.82) is 5.26 Å². The van der Waals surface area contributed by atoms with E-state index in [4.69, 9.17) is 23.2 Å². The number of hydrogen-bond acceptors (Lipinski definition) is 3. The number of halogens is 7. The van der Waals surface area contributed by atoms with E-state index in [0.29, 0.717) is 0 Å². The van der Waals surface area contributed by atoms with Gasteiger partial charge in [-0.15, -0.1) is 0 Å². The van der Waals surface area contributed by atoms with Gasteiger partial charge in [0.05, 0.1) is 22.7 Å². The molecule has 4 rings (SSSR count). The number of amides is 1. The standard InChI is InChI=1S/C30H26Cl2F5N3O.CH4/c1-28(2,3)14-23-29(15-38,20-12-9-17(31)13-22(20)33)24(19-5-4-6-21(32)25(19)34)26(40-23)27(41)39-18-10-7-16(8-11-18)30(35,36)37;/h4-13,23-24,26,40H,14H2,1-3H3,(H,39,41);1H4/t23-,24-,26+,29-;/m0./s1. The molecule has 1 fully saturated rings. The van der Waals surface area contributed by atoms with E-state index in [0.717, 1.165) is 30.3 Å². The third-order valence-electron chi connectivity index (χ3n) is 7.21. The fraction of sp³-hybridized carbons (Fsp3) is 0.355. The maximum atomic E-state index is 15.7. The first-order valence-electron chi connectivity index (χ1n) is 12.6. The number of nitriles is 1. The topological polar surface area (TPSA) is 64.9 Å². The first kappa shape index (κ1) is 33.3. The van der Waals surface area contributed by atoms with E-state index in [2.05, 4.69) is 16.7 Å². The Hall–Kier alpha value is -3.19. The van der Waals surface area contributed by atoms with E-state index in [1.807, 2.05) is 20.8 Å². The normalized spacial score (nSPS) is 22.3. The van der Waals surface area contributed by atoms with Crippen LogP contribution in [-0.4, -0.2) is 18.0 Å². The molecule has 0 aromatic heterocycles. The van der Waals surface area contributed by atoms with Gasteiger partial charge in [0.2, 0.25) is 5.91 Å². The SMILES string of the molecule is C.CC(C)(C)C[C@@H]1N[C@@H](C(=O)Nc2ccc(C(F)(F)F)cc2)[C@H](c2cccc(Cl)c2F)[C@@]1(C#N)c1ccc(Cl)cc1F. The van der Waals surface area contributed by atoms with Gasteiger partial charge in [0.15, 0.2) is 0 Å². The van der Waals surface area contributed by atoms with Gasteiger partial charge in [-0.25, -0.2) is 8.78 Å². The highest BCUT2D eigenvalue weighted by Crippen LogP contribution is 2.53. The summed E-state index contributed by atoms with van der Waals surface area (Å²) in [7, 11) is 0. The first-order valence-corrected chi connectivity index (χ1v) is 13.4. The number of hydrogen-bond donors (Lipinski definition) is 2. The number of alkyl halides is 3. The smallest absolute Gasteiger partial charge is 0.325 e. The van der Waals surface area contributed by atoms with Gasteiger partial charge in [0.25, 0.3) is 0 Å². The summed E-state index contributed by atoms with van der Waals surface area (Å²) in [5, 5.41) is 16.4. The van der Waals surface area contributed by atoms with Crippen LogP contribution in [0.25, 0.3) is 0 Å². The van der Waals surface area contributed by atoms with Gasteiger partial charge in [0.1, 0.15) is 17.0 Å². The van der Waals surface area contributed by atoms with E-state index < -0.39 is 58.1 Å². The number of anilines is 1. The van der Waals surface area contributed by atoms with Crippen LogP contribution in [0.1, 0.15) is 57.2 Å². The Kier molecular flexibility index (Phi) is 9.67. The van der Waals surface area contributed by atoms with Crippen molar-refractivity contribution in [2.45, 2.75) is 64.2 Å². The Morgan fingerprint density at radius 3 is 2.24 bits per heavy atom. The Labute approximate surface area is 251 Å². The molecule has 1 heterocycles. The molecule has 1 aliphatic heterocycles. The number of nitrogens with zero attached hydrogens (tertiary/aromatic N) is 1. The summed E-state index contributed by atoms with van der Waals surface area (Å²) < 4.78 is 70.5. The summed E-state index contributed by atoms with van der Waals surface area (Å²) in [5.74, 6) is -3.74. The minimum atomic E-state index is -4.57. The van der Waals surface area contributed by atoms with Gasteiger partial charge in [-0.05, 0) is 59.9 Å². The van der Waals surface area contributed by atoms with Crippen LogP contribution >= 0.6 is 23.2 Å². The molecule has 1 saturated heterocycles. The molecule has 224 valence electrons. The van der Waals surface area contributed by atoms with Gasteiger partial charge in [-0.3, -0.25) is 4.79 Å². The number of benzene rings is 3. The van der Waals surface area contributed by atoms with Gasteiger partial charge in [-0.1, -0.05) is 69.6 Å². The fourth-order valence-corrected chi connectivity index (χ4v) is 5.86. The number of rotatable bonds is 5. The Morgan fingerprint density at radius 2 is 1.69 bits per heavy atom. The van der Waals surface area contributed by atoms with Crippen molar-refractivity contribution < 1.29 is 26.7 Å². The second-order valence-electron chi connectivity index (χ2n) is 11.3. The summed E-state index contributed by atoms with van der Waals surface area (Å²) >= 11 is 12.1. The zero-order valence-electron chi connectivity index (χ0n) is 22.2. The predicted molar refractivity (Wildman–Crippen MR) is 154 cm³/mol. The third-order valence-corrected chi connectivity index (χ3v) is 7.74. The highest BCUT2D eigenvalue weighted by atomic mass is 35.5. The molecule has 3 aromatic rings. The molecule has 0 radical (unpaired) electrons. The summed E-state index contributed by atoms with van der Waals surface area (Å²) in [5.41, 5.74) is -3.28. The van der Waals surface area contributed by atoms with Gasteiger partial charge in [-0.2, -0.15) is 18.4 Å². The second kappa shape index (κ2) is 12.2. The maximum Gasteiger partial charge on any atom is 0.416 e. The van der Waals surface area contributed by atoms with Gasteiger partial charge in [0, 0.05) is 28.2 Å². The highest BCUT2D eigenvalue weighted by Gasteiger charge is 2.61. The Bertz CT molecular complexity index is 1500. The molecule has 42 heavy (non-hydrogen) atoms. The quantitative estimate of drug-likeness (QED) is 0.278. The van der Waals surface area contributed by atoms with Crippen molar-refractivity contribution >= 4 is 34.8 Å². The van der Waals surface area contributed by atoms with E-state index in [9.17, 15) is 23.2 Å². The zero-order valence-corrected chi connectivity index (χ0v) is 23.7. The van der Waals surface area contributed by atoms with E-state index in [-0.39, 0.29) is 40.7 Å². The van der Waals surface area contributed by atoms with Crippen LogP contribution in [0, 0.1) is 28.4 Å². The molecule has 4 nitrogen and oxygen atoms in total. The second-order valence-corrected chi connectivity index (χ2v) is 12.1. The van der Waals surface area contributed by atoms with E-state index in [1.165, 1.54) is 30.3 Å². The van der Waals surface area contributed by atoms with Crippen LogP contribution in [0.2, 0.25) is 10.0 Å². The van der Waals surface area contributed by atoms with Crippen LogP contribution in [0.5, 0.6) is 0 Å². The van der Waals surface area contributed by atoms with Crippen molar-refractivity contribution in [3.8, 4) is 6.07 Å². The van der Waals surface area contributed by atoms with Gasteiger partial charge < -0.3 is 10.6 Å². The van der Waals surface area contributed by atoms with E-state index >= 15 is 8.78 Å². The van der Waals surface area contributed by atoms with Gasteiger partial charge >= 0.3 is 6.18 Å². The first-order chi connectivity index (χ1) is 19.1. The molecule has 0 spiro atoms. The average molecular weight is 626 g/mol. The maximum absolute atomic E-state index is 15.7.